The number of primary amides is 1. The van der Waals surface area contributed by atoms with Gasteiger partial charge in [-0.15, -0.1) is 0 Å². The minimum Gasteiger partial charge on any atom is -0.481 e. The van der Waals surface area contributed by atoms with Gasteiger partial charge in [0.15, 0.2) is 0 Å². The number of hydrogen-bond donors (Lipinski definition) is 2. The maximum Gasteiger partial charge on any atom is 0.303 e. The first-order chi connectivity index (χ1) is 9.81. The molecule has 0 aliphatic rings. The van der Waals surface area contributed by atoms with E-state index in [-0.39, 0.29) is 18.0 Å². The molecule has 1 amide bonds. The zero-order valence-corrected chi connectivity index (χ0v) is 12.3. The van der Waals surface area contributed by atoms with Crippen LogP contribution in [0.3, 0.4) is 0 Å². The molecule has 0 bridgehead atoms. The Bertz CT molecular complexity index is 518. The van der Waals surface area contributed by atoms with E-state index in [0.717, 1.165) is 6.07 Å². The number of hydrogen-bond acceptors (Lipinski definition) is 3. The van der Waals surface area contributed by atoms with E-state index in [1.807, 2.05) is 18.7 Å². The molecule has 5 nitrogen and oxygen atoms in total. The van der Waals surface area contributed by atoms with Gasteiger partial charge in [-0.1, -0.05) is 6.07 Å². The second-order valence-electron chi connectivity index (χ2n) is 5.23. The molecule has 0 saturated heterocycles. The summed E-state index contributed by atoms with van der Waals surface area (Å²) >= 11 is 0. The summed E-state index contributed by atoms with van der Waals surface area (Å²) < 4.78 is 14.0. The van der Waals surface area contributed by atoms with Crippen LogP contribution in [0, 0.1) is 5.82 Å². The second kappa shape index (κ2) is 7.73. The Balaban J connectivity index is 2.75. The van der Waals surface area contributed by atoms with Crippen LogP contribution >= 0.6 is 0 Å². The first-order valence-electron chi connectivity index (χ1n) is 6.85. The largest absolute Gasteiger partial charge is 0.481 e. The van der Waals surface area contributed by atoms with E-state index in [2.05, 4.69) is 0 Å². The number of carboxylic acid groups (broad SMARTS) is 1. The van der Waals surface area contributed by atoms with Crippen LogP contribution in [-0.2, 0) is 11.3 Å². The van der Waals surface area contributed by atoms with E-state index in [4.69, 9.17) is 10.8 Å². The van der Waals surface area contributed by atoms with Gasteiger partial charge < -0.3 is 10.8 Å². The van der Waals surface area contributed by atoms with Gasteiger partial charge in [0.25, 0.3) is 0 Å². The monoisotopic (exact) mass is 296 g/mol. The predicted molar refractivity (Wildman–Crippen MR) is 77.3 cm³/mol. The van der Waals surface area contributed by atoms with Crippen molar-refractivity contribution in [3.8, 4) is 0 Å². The highest BCUT2D eigenvalue weighted by atomic mass is 19.1. The van der Waals surface area contributed by atoms with Gasteiger partial charge in [-0.25, -0.2) is 4.39 Å². The molecular weight excluding hydrogens is 275 g/mol. The van der Waals surface area contributed by atoms with Gasteiger partial charge >= 0.3 is 5.97 Å². The average Bonchev–Trinajstić information content (AvgIpc) is 2.38. The van der Waals surface area contributed by atoms with Crippen LogP contribution in [0.2, 0.25) is 0 Å². The molecule has 0 spiro atoms. The topological polar surface area (TPSA) is 83.6 Å². The molecule has 0 saturated carbocycles. The fourth-order valence-electron chi connectivity index (χ4n) is 2.00. The molecule has 1 rings (SSSR count). The van der Waals surface area contributed by atoms with Gasteiger partial charge in [0.05, 0.1) is 0 Å². The molecule has 116 valence electrons. The van der Waals surface area contributed by atoms with Gasteiger partial charge in [-0.3, -0.25) is 14.5 Å². The minimum atomic E-state index is -0.837. The molecule has 0 unspecified atom stereocenters. The molecule has 0 fully saturated rings. The number of aliphatic carboxylic acids is 1. The number of benzene rings is 1. The average molecular weight is 296 g/mol. The Labute approximate surface area is 123 Å². The highest BCUT2D eigenvalue weighted by molar-refractivity contribution is 5.92. The minimum absolute atomic E-state index is 0.0896. The van der Waals surface area contributed by atoms with E-state index in [1.165, 1.54) is 6.07 Å². The van der Waals surface area contributed by atoms with Gasteiger partial charge in [0.1, 0.15) is 5.82 Å². The fourth-order valence-corrected chi connectivity index (χ4v) is 2.00. The number of carbonyl (C=O) groups excluding carboxylic acids is 1. The second-order valence-corrected chi connectivity index (χ2v) is 5.23. The Hall–Kier alpha value is -1.95. The summed E-state index contributed by atoms with van der Waals surface area (Å²) in [5, 5.41) is 8.66. The van der Waals surface area contributed by atoms with Crippen LogP contribution in [0.1, 0.15) is 42.6 Å². The lowest BCUT2D eigenvalue weighted by atomic mass is 10.1. The van der Waals surface area contributed by atoms with Crippen LogP contribution in [0.25, 0.3) is 0 Å². The summed E-state index contributed by atoms with van der Waals surface area (Å²) in [5.41, 5.74) is 5.70. The van der Waals surface area contributed by atoms with E-state index in [0.29, 0.717) is 25.1 Å². The fraction of sp³-hybridized carbons (Fsp3) is 0.467. The molecule has 0 heterocycles. The molecule has 21 heavy (non-hydrogen) atoms. The standard InChI is InChI=1S/C15H21FN2O3/c1-10(2)18(7-3-4-14(19)20)9-12-6-5-11(15(17)21)8-13(12)16/h5-6,8,10H,3-4,7,9H2,1-2H3,(H2,17,21)(H,19,20). The SMILES string of the molecule is CC(C)N(CCCC(=O)O)Cc1ccc(C(N)=O)cc1F. The number of carboxylic acids is 1. The van der Waals surface area contributed by atoms with Crippen molar-refractivity contribution in [3.05, 3.63) is 35.1 Å². The third-order valence-electron chi connectivity index (χ3n) is 3.28. The Morgan fingerprint density at radius 1 is 1.38 bits per heavy atom. The first kappa shape index (κ1) is 17.1. The highest BCUT2D eigenvalue weighted by Crippen LogP contribution is 2.15. The molecule has 1 aromatic carbocycles. The van der Waals surface area contributed by atoms with E-state index in [1.54, 1.807) is 6.07 Å². The zero-order valence-electron chi connectivity index (χ0n) is 12.3. The van der Waals surface area contributed by atoms with Crippen LogP contribution < -0.4 is 5.73 Å². The van der Waals surface area contributed by atoms with Crippen LogP contribution in [0.4, 0.5) is 4.39 Å². The van der Waals surface area contributed by atoms with Gasteiger partial charge in [0.2, 0.25) is 5.91 Å². The molecular formula is C15H21FN2O3. The van der Waals surface area contributed by atoms with E-state index >= 15 is 0 Å². The molecule has 0 aliphatic carbocycles. The van der Waals surface area contributed by atoms with E-state index < -0.39 is 17.7 Å². The summed E-state index contributed by atoms with van der Waals surface area (Å²) in [6.45, 7) is 4.87. The van der Waals surface area contributed by atoms with Gasteiger partial charge in [0, 0.05) is 30.1 Å². The zero-order chi connectivity index (χ0) is 16.0. The summed E-state index contributed by atoms with van der Waals surface area (Å²) in [6, 6.07) is 4.33. The highest BCUT2D eigenvalue weighted by Gasteiger charge is 2.14. The van der Waals surface area contributed by atoms with Crippen molar-refractivity contribution in [2.45, 2.75) is 39.3 Å². The first-order valence-corrected chi connectivity index (χ1v) is 6.85. The molecule has 1 aromatic rings. The maximum absolute atomic E-state index is 14.0. The predicted octanol–water partition coefficient (Wildman–Crippen LogP) is 2.00. The third-order valence-corrected chi connectivity index (χ3v) is 3.28. The molecule has 0 aromatic heterocycles. The molecule has 6 heteroatoms. The lowest BCUT2D eigenvalue weighted by Crippen LogP contribution is -2.32. The van der Waals surface area contributed by atoms with Crippen LogP contribution in [0.15, 0.2) is 18.2 Å². The molecule has 0 atom stereocenters. The lowest BCUT2D eigenvalue weighted by molar-refractivity contribution is -0.137. The third kappa shape index (κ3) is 5.51. The Kier molecular flexibility index (Phi) is 6.30. The Morgan fingerprint density at radius 2 is 2.05 bits per heavy atom. The molecule has 3 N–H and O–H groups in total. The molecule has 0 aliphatic heterocycles. The number of amides is 1. The van der Waals surface area contributed by atoms with Crippen molar-refractivity contribution in [1.29, 1.82) is 0 Å². The number of rotatable bonds is 8. The van der Waals surface area contributed by atoms with E-state index in [9.17, 15) is 14.0 Å². The van der Waals surface area contributed by atoms with Crippen molar-refractivity contribution in [2.75, 3.05) is 6.54 Å². The van der Waals surface area contributed by atoms with Crippen molar-refractivity contribution in [1.82, 2.24) is 4.90 Å². The number of nitrogens with zero attached hydrogens (tertiary/aromatic N) is 1. The lowest BCUT2D eigenvalue weighted by Gasteiger charge is -2.26. The summed E-state index contributed by atoms with van der Waals surface area (Å²) in [6.07, 6.45) is 0.598. The van der Waals surface area contributed by atoms with Crippen molar-refractivity contribution < 1.29 is 19.1 Å². The number of halogens is 1. The van der Waals surface area contributed by atoms with Gasteiger partial charge in [-0.2, -0.15) is 0 Å². The van der Waals surface area contributed by atoms with Crippen molar-refractivity contribution in [3.63, 3.8) is 0 Å². The van der Waals surface area contributed by atoms with Gasteiger partial charge in [-0.05, 0) is 38.9 Å². The number of carbonyl (C=O) groups is 2. The molecule has 0 radical (unpaired) electrons. The van der Waals surface area contributed by atoms with Crippen LogP contribution in [0.5, 0.6) is 0 Å². The summed E-state index contributed by atoms with van der Waals surface area (Å²) in [5.74, 6) is -1.98. The summed E-state index contributed by atoms with van der Waals surface area (Å²) in [7, 11) is 0. The quantitative estimate of drug-likeness (QED) is 0.768. The normalized spacial score (nSPS) is 11.1. The van der Waals surface area contributed by atoms with Crippen molar-refractivity contribution in [2.24, 2.45) is 5.73 Å². The Morgan fingerprint density at radius 3 is 2.52 bits per heavy atom. The maximum atomic E-state index is 14.0. The van der Waals surface area contributed by atoms with Crippen LogP contribution in [-0.4, -0.2) is 34.5 Å². The van der Waals surface area contributed by atoms with Crippen molar-refractivity contribution >= 4 is 11.9 Å². The number of nitrogens with two attached hydrogens (primary N) is 1. The smallest absolute Gasteiger partial charge is 0.303 e. The summed E-state index contributed by atoms with van der Waals surface area (Å²) in [4.78, 5) is 23.5.